The lowest BCUT2D eigenvalue weighted by Crippen LogP contribution is -2.11. The van der Waals surface area contributed by atoms with Gasteiger partial charge in [0, 0.05) is 19.8 Å². The van der Waals surface area contributed by atoms with Crippen molar-refractivity contribution in [3.8, 4) is 11.5 Å². The molecular weight excluding hydrogens is 272 g/mol. The molecule has 0 saturated carbocycles. The molecule has 21 heavy (non-hydrogen) atoms. The average molecular weight is 290 g/mol. The number of rotatable bonds is 1. The van der Waals surface area contributed by atoms with Gasteiger partial charge >= 0.3 is 11.9 Å². The summed E-state index contributed by atoms with van der Waals surface area (Å²) in [5.74, 6) is -0.390. The number of ketones is 1. The van der Waals surface area contributed by atoms with E-state index in [1.165, 1.54) is 25.1 Å². The summed E-state index contributed by atoms with van der Waals surface area (Å²) in [5.41, 5.74) is 0.295. The van der Waals surface area contributed by atoms with E-state index in [4.69, 9.17) is 9.47 Å². The Kier molecular flexibility index (Phi) is 5.09. The number of hydrogen-bond acceptors (Lipinski definition) is 5. The number of benzene rings is 1. The Hall–Kier alpha value is -2.17. The number of esters is 2. The Labute approximate surface area is 123 Å². The van der Waals surface area contributed by atoms with Gasteiger partial charge in [0.15, 0.2) is 5.78 Å². The summed E-state index contributed by atoms with van der Waals surface area (Å²) in [4.78, 5) is 35.0. The van der Waals surface area contributed by atoms with E-state index >= 15 is 0 Å². The van der Waals surface area contributed by atoms with Gasteiger partial charge in [-0.25, -0.2) is 0 Å². The van der Waals surface area contributed by atoms with Crippen molar-refractivity contribution in [1.82, 2.24) is 0 Å². The molecule has 0 aliphatic carbocycles. The Morgan fingerprint density at radius 1 is 1.10 bits per heavy atom. The fourth-order valence-electron chi connectivity index (χ4n) is 2.26. The highest BCUT2D eigenvalue weighted by Gasteiger charge is 2.18. The molecule has 1 aliphatic heterocycles. The Morgan fingerprint density at radius 2 is 1.81 bits per heavy atom. The smallest absolute Gasteiger partial charge is 0.311 e. The van der Waals surface area contributed by atoms with Gasteiger partial charge in [-0.15, -0.1) is 0 Å². The summed E-state index contributed by atoms with van der Waals surface area (Å²) in [6, 6.07) is 4.48. The maximum atomic E-state index is 12.2. The summed E-state index contributed by atoms with van der Waals surface area (Å²) in [7, 11) is 0. The number of fused-ring (bicyclic) bond motifs is 1. The van der Waals surface area contributed by atoms with Gasteiger partial charge in [-0.1, -0.05) is 12.8 Å². The molecule has 112 valence electrons. The van der Waals surface area contributed by atoms with Crippen LogP contribution in [0, 0.1) is 0 Å². The van der Waals surface area contributed by atoms with E-state index < -0.39 is 5.97 Å². The molecule has 0 aromatic heterocycles. The van der Waals surface area contributed by atoms with Crippen molar-refractivity contribution in [3.63, 3.8) is 0 Å². The average Bonchev–Trinajstić information content (AvgIpc) is 2.45. The Morgan fingerprint density at radius 3 is 2.52 bits per heavy atom. The van der Waals surface area contributed by atoms with Crippen molar-refractivity contribution in [2.45, 2.75) is 45.4 Å². The van der Waals surface area contributed by atoms with Crippen LogP contribution in [0.3, 0.4) is 0 Å². The largest absolute Gasteiger partial charge is 0.427 e. The molecule has 5 heteroatoms. The van der Waals surface area contributed by atoms with Gasteiger partial charge in [0.05, 0.1) is 5.56 Å². The number of hydrogen-bond donors (Lipinski definition) is 0. The number of ether oxygens (including phenoxy) is 2. The van der Waals surface area contributed by atoms with Crippen LogP contribution >= 0.6 is 0 Å². The normalized spacial score (nSPS) is 16.4. The van der Waals surface area contributed by atoms with Crippen LogP contribution in [0.5, 0.6) is 11.5 Å². The first-order chi connectivity index (χ1) is 10.1. The first kappa shape index (κ1) is 15.2. The van der Waals surface area contributed by atoms with Gasteiger partial charge in [-0.2, -0.15) is 0 Å². The van der Waals surface area contributed by atoms with Crippen molar-refractivity contribution in [1.29, 1.82) is 0 Å². The van der Waals surface area contributed by atoms with Crippen LogP contribution in [0.4, 0.5) is 0 Å². The Bertz CT molecular complexity index is 562. The predicted octanol–water partition coefficient (Wildman–Crippen LogP) is 3.05. The molecule has 0 bridgehead atoms. The van der Waals surface area contributed by atoms with Gasteiger partial charge in [-0.3, -0.25) is 14.4 Å². The van der Waals surface area contributed by atoms with Crippen LogP contribution in [-0.2, 0) is 9.59 Å². The Balaban J connectivity index is 2.32. The maximum Gasteiger partial charge on any atom is 0.311 e. The van der Waals surface area contributed by atoms with Gasteiger partial charge in [-0.05, 0) is 31.0 Å². The van der Waals surface area contributed by atoms with Crippen molar-refractivity contribution in [3.05, 3.63) is 23.8 Å². The van der Waals surface area contributed by atoms with E-state index in [-0.39, 0.29) is 23.3 Å². The van der Waals surface area contributed by atoms with Crippen LogP contribution in [0.1, 0.15) is 55.8 Å². The third-order valence-electron chi connectivity index (χ3n) is 3.27. The molecule has 1 aliphatic rings. The minimum absolute atomic E-state index is 0.103. The molecule has 1 aromatic rings. The molecule has 2 rings (SSSR count). The predicted molar refractivity (Wildman–Crippen MR) is 75.4 cm³/mol. The quantitative estimate of drug-likeness (QED) is 0.587. The highest BCUT2D eigenvalue weighted by Crippen LogP contribution is 2.27. The molecule has 1 heterocycles. The topological polar surface area (TPSA) is 69.7 Å². The molecule has 0 radical (unpaired) electrons. The lowest BCUT2D eigenvalue weighted by atomic mass is 10.0. The molecule has 0 amide bonds. The third-order valence-corrected chi connectivity index (χ3v) is 3.27. The zero-order chi connectivity index (χ0) is 15.2. The molecule has 0 atom stereocenters. The number of Topliss-reactive ketones (excluding diaryl/α,β-unsaturated/α-hetero) is 1. The van der Waals surface area contributed by atoms with Gasteiger partial charge in [0.1, 0.15) is 11.5 Å². The van der Waals surface area contributed by atoms with Crippen LogP contribution in [0.15, 0.2) is 18.2 Å². The van der Waals surface area contributed by atoms with E-state index in [2.05, 4.69) is 0 Å². The first-order valence-electron chi connectivity index (χ1n) is 7.12. The lowest BCUT2D eigenvalue weighted by molar-refractivity contribution is -0.135. The van der Waals surface area contributed by atoms with Gasteiger partial charge in [0.25, 0.3) is 0 Å². The molecule has 5 nitrogen and oxygen atoms in total. The maximum absolute atomic E-state index is 12.2. The van der Waals surface area contributed by atoms with E-state index in [1.807, 2.05) is 0 Å². The molecule has 1 aromatic carbocycles. The summed E-state index contributed by atoms with van der Waals surface area (Å²) < 4.78 is 10.2. The lowest BCUT2D eigenvalue weighted by Gasteiger charge is -2.10. The van der Waals surface area contributed by atoms with E-state index in [9.17, 15) is 14.4 Å². The zero-order valence-electron chi connectivity index (χ0n) is 12.0. The summed E-state index contributed by atoms with van der Waals surface area (Å²) in [5, 5.41) is 0. The second-order valence-corrected chi connectivity index (χ2v) is 5.06. The van der Waals surface area contributed by atoms with Crippen LogP contribution in [0.2, 0.25) is 0 Å². The van der Waals surface area contributed by atoms with Crippen molar-refractivity contribution in [2.24, 2.45) is 0 Å². The van der Waals surface area contributed by atoms with Crippen LogP contribution < -0.4 is 9.47 Å². The van der Waals surface area contributed by atoms with Crippen molar-refractivity contribution >= 4 is 17.7 Å². The minimum Gasteiger partial charge on any atom is -0.427 e. The molecule has 0 spiro atoms. The standard InChI is InChI=1S/C16H18O5/c1-11(17)20-12-8-9-15-13(10-12)14(18)6-4-2-3-5-7-16(19)21-15/h8-10H,2-7H2,1H3. The third kappa shape index (κ3) is 4.41. The number of carbonyl (C=O) groups is 3. The summed E-state index contributed by atoms with van der Waals surface area (Å²) in [6.45, 7) is 1.29. The van der Waals surface area contributed by atoms with E-state index in [0.717, 1.165) is 25.7 Å². The highest BCUT2D eigenvalue weighted by atomic mass is 16.5. The van der Waals surface area contributed by atoms with Crippen molar-refractivity contribution < 1.29 is 23.9 Å². The van der Waals surface area contributed by atoms with Crippen molar-refractivity contribution in [2.75, 3.05) is 0 Å². The SMILES string of the molecule is CC(=O)Oc1ccc2c(c1)C(=O)CCCCCCC(=O)O2. The molecule has 0 N–H and O–H groups in total. The van der Waals surface area contributed by atoms with Gasteiger partial charge in [0.2, 0.25) is 0 Å². The summed E-state index contributed by atoms with van der Waals surface area (Å²) in [6.07, 6.45) is 4.13. The minimum atomic E-state index is -0.462. The second-order valence-electron chi connectivity index (χ2n) is 5.06. The molecule has 0 saturated heterocycles. The van der Waals surface area contributed by atoms with Gasteiger partial charge < -0.3 is 9.47 Å². The fraction of sp³-hybridized carbons (Fsp3) is 0.438. The number of carbonyl (C=O) groups excluding carboxylic acids is 3. The van der Waals surface area contributed by atoms with Crippen LogP contribution in [0.25, 0.3) is 0 Å². The molecular formula is C16H18O5. The molecule has 0 fully saturated rings. The van der Waals surface area contributed by atoms with E-state index in [1.54, 1.807) is 0 Å². The molecule has 0 unspecified atom stereocenters. The monoisotopic (exact) mass is 290 g/mol. The first-order valence-corrected chi connectivity index (χ1v) is 7.12. The van der Waals surface area contributed by atoms with Crippen LogP contribution in [-0.4, -0.2) is 17.7 Å². The fourth-order valence-corrected chi connectivity index (χ4v) is 2.26. The highest BCUT2D eigenvalue weighted by molar-refractivity contribution is 5.99. The van der Waals surface area contributed by atoms with E-state index in [0.29, 0.717) is 18.4 Å². The summed E-state index contributed by atoms with van der Waals surface area (Å²) >= 11 is 0. The zero-order valence-corrected chi connectivity index (χ0v) is 12.0. The second kappa shape index (κ2) is 7.02.